The highest BCUT2D eigenvalue weighted by Gasteiger charge is 2.06. The van der Waals surface area contributed by atoms with Gasteiger partial charge in [-0.3, -0.25) is 9.97 Å². The van der Waals surface area contributed by atoms with E-state index in [1.54, 1.807) is 18.6 Å². The lowest BCUT2D eigenvalue weighted by atomic mass is 10.1. The Hall–Kier alpha value is -1.41. The summed E-state index contributed by atoms with van der Waals surface area (Å²) in [5.41, 5.74) is 2.89. The van der Waals surface area contributed by atoms with Crippen molar-refractivity contribution in [1.82, 2.24) is 9.97 Å². The first-order chi connectivity index (χ1) is 6.79. The molecule has 3 heteroatoms. The van der Waals surface area contributed by atoms with Gasteiger partial charge in [-0.25, -0.2) is 0 Å². The van der Waals surface area contributed by atoms with E-state index in [2.05, 4.69) is 9.97 Å². The Labute approximate surface area is 87.6 Å². The molecule has 0 bridgehead atoms. The molecule has 2 aromatic rings. The van der Waals surface area contributed by atoms with E-state index in [9.17, 15) is 0 Å². The topological polar surface area (TPSA) is 25.8 Å². The first-order valence-corrected chi connectivity index (χ1v) is 4.68. The van der Waals surface area contributed by atoms with Crippen molar-refractivity contribution in [3.8, 4) is 11.3 Å². The van der Waals surface area contributed by atoms with E-state index in [4.69, 9.17) is 11.6 Å². The van der Waals surface area contributed by atoms with Crippen LogP contribution in [0.4, 0.5) is 0 Å². The average Bonchev–Trinajstić information content (AvgIpc) is 2.19. The zero-order valence-electron chi connectivity index (χ0n) is 7.74. The van der Waals surface area contributed by atoms with Crippen molar-refractivity contribution in [2.75, 3.05) is 0 Å². The minimum atomic E-state index is 0.713. The first-order valence-electron chi connectivity index (χ1n) is 4.30. The molecule has 0 atom stereocenters. The molecule has 0 aliphatic heterocycles. The van der Waals surface area contributed by atoms with E-state index < -0.39 is 0 Å². The predicted octanol–water partition coefficient (Wildman–Crippen LogP) is 3.11. The van der Waals surface area contributed by atoms with Gasteiger partial charge < -0.3 is 0 Å². The van der Waals surface area contributed by atoms with Crippen LogP contribution >= 0.6 is 11.6 Å². The maximum Gasteiger partial charge on any atom is 0.0902 e. The highest BCUT2D eigenvalue weighted by molar-refractivity contribution is 6.33. The lowest BCUT2D eigenvalue weighted by molar-refractivity contribution is 1.20. The Morgan fingerprint density at radius 1 is 1.21 bits per heavy atom. The Morgan fingerprint density at radius 2 is 2.07 bits per heavy atom. The molecule has 14 heavy (non-hydrogen) atoms. The summed E-state index contributed by atoms with van der Waals surface area (Å²) in [6.45, 7) is 2.01. The number of aryl methyl sites for hydroxylation is 1. The molecule has 0 saturated carbocycles. The smallest absolute Gasteiger partial charge is 0.0902 e. The second-order valence-electron chi connectivity index (χ2n) is 3.02. The lowest BCUT2D eigenvalue weighted by Gasteiger charge is -2.05. The number of aromatic nitrogens is 2. The third-order valence-corrected chi connectivity index (χ3v) is 2.36. The molecule has 0 saturated heterocycles. The zero-order chi connectivity index (χ0) is 9.97. The van der Waals surface area contributed by atoms with Gasteiger partial charge >= 0.3 is 0 Å². The molecular weight excluding hydrogens is 196 g/mol. The van der Waals surface area contributed by atoms with Gasteiger partial charge in [0.15, 0.2) is 0 Å². The predicted molar refractivity (Wildman–Crippen MR) is 57.2 cm³/mol. The molecule has 0 unspecified atom stereocenters. The molecular formula is C11H9ClN2. The standard InChI is InChI=1S/C11H9ClN2/c1-8-3-2-4-9(12)11(8)10-7-13-5-6-14-10/h2-7H,1H3. The molecule has 0 amide bonds. The molecule has 2 nitrogen and oxygen atoms in total. The third kappa shape index (κ3) is 1.61. The molecule has 1 heterocycles. The SMILES string of the molecule is Cc1cccc(Cl)c1-c1cnccn1. The molecule has 0 aliphatic rings. The molecule has 70 valence electrons. The zero-order valence-corrected chi connectivity index (χ0v) is 8.49. The summed E-state index contributed by atoms with van der Waals surface area (Å²) in [5, 5.41) is 0.713. The maximum absolute atomic E-state index is 6.10. The third-order valence-electron chi connectivity index (χ3n) is 2.04. The number of nitrogens with zero attached hydrogens (tertiary/aromatic N) is 2. The van der Waals surface area contributed by atoms with Gasteiger partial charge in [0.1, 0.15) is 0 Å². The van der Waals surface area contributed by atoms with Crippen LogP contribution in [0, 0.1) is 6.92 Å². The van der Waals surface area contributed by atoms with Crippen molar-refractivity contribution < 1.29 is 0 Å². The van der Waals surface area contributed by atoms with Crippen molar-refractivity contribution in [1.29, 1.82) is 0 Å². The quantitative estimate of drug-likeness (QED) is 0.714. The summed E-state index contributed by atoms with van der Waals surface area (Å²) in [4.78, 5) is 8.25. The Balaban J connectivity index is 2.63. The Bertz CT molecular complexity index is 420. The Kier molecular flexibility index (Phi) is 2.46. The molecule has 0 radical (unpaired) electrons. The second-order valence-corrected chi connectivity index (χ2v) is 3.43. The van der Waals surface area contributed by atoms with E-state index in [0.29, 0.717) is 5.02 Å². The van der Waals surface area contributed by atoms with Crippen LogP contribution in [0.1, 0.15) is 5.56 Å². The van der Waals surface area contributed by atoms with E-state index >= 15 is 0 Å². The van der Waals surface area contributed by atoms with Gasteiger partial charge in [-0.1, -0.05) is 23.7 Å². The van der Waals surface area contributed by atoms with Crippen molar-refractivity contribution in [2.24, 2.45) is 0 Å². The van der Waals surface area contributed by atoms with Crippen molar-refractivity contribution in [3.05, 3.63) is 47.4 Å². The van der Waals surface area contributed by atoms with E-state index in [0.717, 1.165) is 16.8 Å². The fraction of sp³-hybridized carbons (Fsp3) is 0.0909. The summed E-state index contributed by atoms with van der Waals surface area (Å²) < 4.78 is 0. The van der Waals surface area contributed by atoms with Crippen LogP contribution in [0.5, 0.6) is 0 Å². The fourth-order valence-corrected chi connectivity index (χ4v) is 1.70. The average molecular weight is 205 g/mol. The van der Waals surface area contributed by atoms with Gasteiger partial charge in [-0.15, -0.1) is 0 Å². The van der Waals surface area contributed by atoms with Gasteiger partial charge in [0, 0.05) is 18.0 Å². The van der Waals surface area contributed by atoms with Gasteiger partial charge in [-0.2, -0.15) is 0 Å². The molecule has 2 rings (SSSR count). The minimum absolute atomic E-state index is 0.713. The van der Waals surface area contributed by atoms with Crippen LogP contribution in [0.3, 0.4) is 0 Å². The van der Waals surface area contributed by atoms with Gasteiger partial charge in [0.05, 0.1) is 16.9 Å². The van der Waals surface area contributed by atoms with E-state index in [-0.39, 0.29) is 0 Å². The monoisotopic (exact) mass is 204 g/mol. The molecule has 0 fully saturated rings. The summed E-state index contributed by atoms with van der Waals surface area (Å²) in [5.74, 6) is 0. The van der Waals surface area contributed by atoms with E-state index in [1.807, 2.05) is 25.1 Å². The molecule has 1 aromatic carbocycles. The highest BCUT2D eigenvalue weighted by Crippen LogP contribution is 2.28. The molecule has 1 aromatic heterocycles. The maximum atomic E-state index is 6.10. The van der Waals surface area contributed by atoms with Gasteiger partial charge in [-0.05, 0) is 18.6 Å². The molecule has 0 N–H and O–H groups in total. The summed E-state index contributed by atoms with van der Waals surface area (Å²) in [6, 6.07) is 5.80. The number of hydrogen-bond donors (Lipinski definition) is 0. The van der Waals surface area contributed by atoms with Crippen molar-refractivity contribution in [3.63, 3.8) is 0 Å². The lowest BCUT2D eigenvalue weighted by Crippen LogP contribution is -1.88. The van der Waals surface area contributed by atoms with Crippen LogP contribution in [0.2, 0.25) is 5.02 Å². The highest BCUT2D eigenvalue weighted by atomic mass is 35.5. The largest absolute Gasteiger partial charge is 0.261 e. The van der Waals surface area contributed by atoms with Crippen molar-refractivity contribution in [2.45, 2.75) is 6.92 Å². The number of benzene rings is 1. The van der Waals surface area contributed by atoms with Crippen molar-refractivity contribution >= 4 is 11.6 Å². The van der Waals surface area contributed by atoms with Gasteiger partial charge in [0.25, 0.3) is 0 Å². The van der Waals surface area contributed by atoms with Crippen LogP contribution in [-0.4, -0.2) is 9.97 Å². The molecule has 0 spiro atoms. The summed E-state index contributed by atoms with van der Waals surface area (Å²) in [7, 11) is 0. The molecule has 0 aliphatic carbocycles. The second kappa shape index (κ2) is 3.76. The Morgan fingerprint density at radius 3 is 2.71 bits per heavy atom. The van der Waals surface area contributed by atoms with Crippen LogP contribution in [0.25, 0.3) is 11.3 Å². The number of halogens is 1. The first kappa shape index (κ1) is 9.16. The fourth-order valence-electron chi connectivity index (χ4n) is 1.38. The minimum Gasteiger partial charge on any atom is -0.261 e. The normalized spacial score (nSPS) is 10.1. The van der Waals surface area contributed by atoms with Gasteiger partial charge in [0.2, 0.25) is 0 Å². The van der Waals surface area contributed by atoms with Crippen LogP contribution < -0.4 is 0 Å². The summed E-state index contributed by atoms with van der Waals surface area (Å²) in [6.07, 6.45) is 5.03. The number of rotatable bonds is 1. The number of hydrogen-bond acceptors (Lipinski definition) is 2. The van der Waals surface area contributed by atoms with Crippen LogP contribution in [-0.2, 0) is 0 Å². The van der Waals surface area contributed by atoms with Crippen LogP contribution in [0.15, 0.2) is 36.8 Å². The summed E-state index contributed by atoms with van der Waals surface area (Å²) >= 11 is 6.10. The van der Waals surface area contributed by atoms with E-state index in [1.165, 1.54) is 0 Å².